The van der Waals surface area contributed by atoms with Crippen molar-refractivity contribution in [3.8, 4) is 0 Å². The number of nitrogens with one attached hydrogen (secondary N) is 1. The molecule has 0 bridgehead atoms. The van der Waals surface area contributed by atoms with Gasteiger partial charge < -0.3 is 14.5 Å². The first-order chi connectivity index (χ1) is 7.04. The van der Waals surface area contributed by atoms with Crippen molar-refractivity contribution in [2.24, 2.45) is 0 Å². The van der Waals surface area contributed by atoms with Crippen LogP contribution in [0.5, 0.6) is 0 Å². The maximum absolute atomic E-state index is 5.46. The van der Waals surface area contributed by atoms with Gasteiger partial charge in [0.2, 0.25) is 5.89 Å². The highest BCUT2D eigenvalue weighted by molar-refractivity contribution is 5.05. The van der Waals surface area contributed by atoms with Crippen LogP contribution in [-0.4, -0.2) is 24.2 Å². The third-order valence-electron chi connectivity index (χ3n) is 2.72. The number of aryl methyl sites for hydroxylation is 2. The van der Waals surface area contributed by atoms with Gasteiger partial charge in [0, 0.05) is 13.2 Å². The van der Waals surface area contributed by atoms with Gasteiger partial charge in [0.15, 0.2) is 0 Å². The van der Waals surface area contributed by atoms with E-state index in [9.17, 15) is 0 Å². The molecular weight excluding hydrogens is 192 g/mol. The highest BCUT2D eigenvalue weighted by Gasteiger charge is 2.12. The van der Waals surface area contributed by atoms with Crippen LogP contribution in [0, 0.1) is 13.8 Å². The lowest BCUT2D eigenvalue weighted by molar-refractivity contribution is 0.0873. The fraction of sp³-hybridized carbons (Fsp3) is 0.727. The largest absolute Gasteiger partial charge is 0.444 e. The SMILES string of the molecule is COC(C)C(C)NCc1nc(C)c(C)o1. The summed E-state index contributed by atoms with van der Waals surface area (Å²) < 4.78 is 10.7. The van der Waals surface area contributed by atoms with Crippen LogP contribution in [0.15, 0.2) is 4.42 Å². The van der Waals surface area contributed by atoms with Crippen molar-refractivity contribution in [2.45, 2.75) is 46.4 Å². The third-order valence-corrected chi connectivity index (χ3v) is 2.72. The molecule has 0 amide bonds. The van der Waals surface area contributed by atoms with Gasteiger partial charge in [0.1, 0.15) is 5.76 Å². The van der Waals surface area contributed by atoms with Gasteiger partial charge in [-0.25, -0.2) is 4.98 Å². The summed E-state index contributed by atoms with van der Waals surface area (Å²) in [7, 11) is 1.71. The number of aromatic nitrogens is 1. The van der Waals surface area contributed by atoms with E-state index in [2.05, 4.69) is 17.2 Å². The van der Waals surface area contributed by atoms with E-state index < -0.39 is 0 Å². The summed E-state index contributed by atoms with van der Waals surface area (Å²) in [6, 6.07) is 0.280. The normalized spacial score (nSPS) is 15.3. The van der Waals surface area contributed by atoms with Crippen LogP contribution in [0.2, 0.25) is 0 Å². The van der Waals surface area contributed by atoms with E-state index in [0.29, 0.717) is 6.54 Å². The Hall–Kier alpha value is -0.870. The average molecular weight is 212 g/mol. The van der Waals surface area contributed by atoms with Gasteiger partial charge in [-0.15, -0.1) is 0 Å². The summed E-state index contributed by atoms with van der Waals surface area (Å²) in [6.07, 6.45) is 0.183. The molecule has 0 spiro atoms. The molecule has 0 saturated heterocycles. The molecule has 1 aromatic rings. The quantitative estimate of drug-likeness (QED) is 0.808. The van der Waals surface area contributed by atoms with Crippen LogP contribution < -0.4 is 5.32 Å². The zero-order chi connectivity index (χ0) is 11.4. The Morgan fingerprint density at radius 2 is 2.07 bits per heavy atom. The van der Waals surface area contributed by atoms with Gasteiger partial charge in [0.05, 0.1) is 18.3 Å². The minimum absolute atomic E-state index is 0.183. The molecule has 0 saturated carbocycles. The second-order valence-corrected chi connectivity index (χ2v) is 3.86. The maximum Gasteiger partial charge on any atom is 0.208 e. The van der Waals surface area contributed by atoms with Gasteiger partial charge >= 0.3 is 0 Å². The van der Waals surface area contributed by atoms with Crippen molar-refractivity contribution < 1.29 is 9.15 Å². The molecule has 0 aliphatic rings. The zero-order valence-corrected chi connectivity index (χ0v) is 10.1. The molecule has 1 rings (SSSR count). The number of hydrogen-bond donors (Lipinski definition) is 1. The first kappa shape index (κ1) is 12.2. The van der Waals surface area contributed by atoms with Crippen molar-refractivity contribution in [3.63, 3.8) is 0 Å². The van der Waals surface area contributed by atoms with E-state index in [-0.39, 0.29) is 12.1 Å². The Morgan fingerprint density at radius 1 is 1.40 bits per heavy atom. The molecule has 2 unspecified atom stereocenters. The van der Waals surface area contributed by atoms with Crippen LogP contribution in [0.25, 0.3) is 0 Å². The predicted octanol–water partition coefficient (Wildman–Crippen LogP) is 1.80. The first-order valence-electron chi connectivity index (χ1n) is 5.23. The van der Waals surface area contributed by atoms with Crippen molar-refractivity contribution in [1.29, 1.82) is 0 Å². The first-order valence-corrected chi connectivity index (χ1v) is 5.23. The highest BCUT2D eigenvalue weighted by Crippen LogP contribution is 2.08. The van der Waals surface area contributed by atoms with Crippen LogP contribution >= 0.6 is 0 Å². The second-order valence-electron chi connectivity index (χ2n) is 3.86. The molecule has 0 aliphatic carbocycles. The van der Waals surface area contributed by atoms with Crippen molar-refractivity contribution in [3.05, 3.63) is 17.3 Å². The summed E-state index contributed by atoms with van der Waals surface area (Å²) in [5, 5.41) is 3.31. The Balaban J connectivity index is 2.43. The van der Waals surface area contributed by atoms with E-state index in [1.807, 2.05) is 20.8 Å². The molecule has 4 heteroatoms. The fourth-order valence-electron chi connectivity index (χ4n) is 1.23. The minimum Gasteiger partial charge on any atom is -0.444 e. The molecule has 1 heterocycles. The smallest absolute Gasteiger partial charge is 0.208 e. The van der Waals surface area contributed by atoms with Gasteiger partial charge in [-0.2, -0.15) is 0 Å². The van der Waals surface area contributed by atoms with Crippen LogP contribution in [-0.2, 0) is 11.3 Å². The van der Waals surface area contributed by atoms with Crippen LogP contribution in [0.1, 0.15) is 31.2 Å². The number of rotatable bonds is 5. The van der Waals surface area contributed by atoms with Crippen molar-refractivity contribution in [1.82, 2.24) is 10.3 Å². The van der Waals surface area contributed by atoms with Gasteiger partial charge in [0.25, 0.3) is 0 Å². The Labute approximate surface area is 91.0 Å². The number of ether oxygens (including phenoxy) is 1. The number of oxazole rings is 1. The lowest BCUT2D eigenvalue weighted by Gasteiger charge is -2.18. The highest BCUT2D eigenvalue weighted by atomic mass is 16.5. The monoisotopic (exact) mass is 212 g/mol. The number of nitrogens with zero attached hydrogens (tertiary/aromatic N) is 1. The Morgan fingerprint density at radius 3 is 2.53 bits per heavy atom. The molecule has 86 valence electrons. The van der Waals surface area contributed by atoms with Gasteiger partial charge in [-0.05, 0) is 27.7 Å². The summed E-state index contributed by atoms with van der Waals surface area (Å²) in [5.41, 5.74) is 0.958. The van der Waals surface area contributed by atoms with Gasteiger partial charge in [-0.3, -0.25) is 0 Å². The van der Waals surface area contributed by atoms with E-state index in [0.717, 1.165) is 17.3 Å². The lowest BCUT2D eigenvalue weighted by atomic mass is 10.2. The zero-order valence-electron chi connectivity index (χ0n) is 10.1. The molecule has 0 aromatic carbocycles. The third kappa shape index (κ3) is 3.32. The van der Waals surface area contributed by atoms with Gasteiger partial charge in [-0.1, -0.05) is 0 Å². The average Bonchev–Trinajstić information content (AvgIpc) is 2.54. The Kier molecular flexibility index (Phi) is 4.29. The molecule has 15 heavy (non-hydrogen) atoms. The molecule has 1 N–H and O–H groups in total. The van der Waals surface area contributed by atoms with E-state index in [1.54, 1.807) is 7.11 Å². The predicted molar refractivity (Wildman–Crippen MR) is 58.7 cm³/mol. The fourth-order valence-corrected chi connectivity index (χ4v) is 1.23. The van der Waals surface area contributed by atoms with E-state index >= 15 is 0 Å². The molecule has 0 aliphatic heterocycles. The summed E-state index contributed by atoms with van der Waals surface area (Å²) in [5.74, 6) is 1.62. The topological polar surface area (TPSA) is 47.3 Å². The lowest BCUT2D eigenvalue weighted by Crippen LogP contribution is -2.36. The number of hydrogen-bond acceptors (Lipinski definition) is 4. The molecule has 0 radical (unpaired) electrons. The van der Waals surface area contributed by atoms with E-state index in [4.69, 9.17) is 9.15 Å². The molecule has 1 aromatic heterocycles. The Bertz CT molecular complexity index is 290. The van der Waals surface area contributed by atoms with Crippen molar-refractivity contribution >= 4 is 0 Å². The molecule has 4 nitrogen and oxygen atoms in total. The van der Waals surface area contributed by atoms with E-state index in [1.165, 1.54) is 0 Å². The molecular formula is C11H20N2O2. The van der Waals surface area contributed by atoms with Crippen LogP contribution in [0.4, 0.5) is 0 Å². The summed E-state index contributed by atoms with van der Waals surface area (Å²) in [4.78, 5) is 4.30. The molecule has 0 fully saturated rings. The van der Waals surface area contributed by atoms with Crippen LogP contribution in [0.3, 0.4) is 0 Å². The maximum atomic E-state index is 5.46. The van der Waals surface area contributed by atoms with Crippen molar-refractivity contribution in [2.75, 3.05) is 7.11 Å². The minimum atomic E-state index is 0.183. The molecule has 2 atom stereocenters. The summed E-state index contributed by atoms with van der Waals surface area (Å²) >= 11 is 0. The summed E-state index contributed by atoms with van der Waals surface area (Å²) in [6.45, 7) is 8.63. The number of methoxy groups -OCH3 is 1. The standard InChI is InChI=1S/C11H20N2O2/c1-7(9(3)14-5)12-6-11-13-8(2)10(4)15-11/h7,9,12H,6H2,1-5H3. The second kappa shape index (κ2) is 5.28.